The fraction of sp³-hybridized carbons (Fsp3) is 0.308. The molecule has 0 bridgehead atoms. The Morgan fingerprint density at radius 2 is 2.05 bits per heavy atom. The van der Waals surface area contributed by atoms with Gasteiger partial charge < -0.3 is 14.2 Å². The van der Waals surface area contributed by atoms with Crippen LogP contribution in [0.1, 0.15) is 17.3 Å². The number of hydrogen-bond donors (Lipinski definition) is 2. The third-order valence-electron chi connectivity index (χ3n) is 2.62. The molecule has 1 aromatic heterocycles. The first-order valence-electron chi connectivity index (χ1n) is 6.26. The Morgan fingerprint density at radius 1 is 1.29 bits per heavy atom. The maximum Gasteiger partial charge on any atom is 0.337 e. The topological polar surface area (TPSA) is 98.4 Å². The van der Waals surface area contributed by atoms with Gasteiger partial charge in [-0.05, 0) is 25.1 Å². The van der Waals surface area contributed by atoms with Crippen LogP contribution < -0.4 is 19.5 Å². The van der Waals surface area contributed by atoms with Crippen molar-refractivity contribution in [1.29, 1.82) is 0 Å². The van der Waals surface area contributed by atoms with E-state index < -0.39 is 0 Å². The summed E-state index contributed by atoms with van der Waals surface area (Å²) in [5, 5.41) is 8.95. The van der Waals surface area contributed by atoms with Crippen molar-refractivity contribution in [1.82, 2.24) is 15.2 Å². The van der Waals surface area contributed by atoms with E-state index in [1.54, 1.807) is 18.2 Å². The van der Waals surface area contributed by atoms with E-state index in [0.717, 1.165) is 0 Å². The lowest BCUT2D eigenvalue weighted by Gasteiger charge is -2.09. The van der Waals surface area contributed by atoms with E-state index in [2.05, 4.69) is 20.5 Å². The van der Waals surface area contributed by atoms with E-state index in [-0.39, 0.29) is 17.9 Å². The van der Waals surface area contributed by atoms with Crippen LogP contribution in [-0.2, 0) is 0 Å². The largest absolute Gasteiger partial charge is 0.493 e. The van der Waals surface area contributed by atoms with E-state index in [1.165, 1.54) is 14.2 Å². The molecule has 1 heterocycles. The van der Waals surface area contributed by atoms with Gasteiger partial charge >= 0.3 is 6.01 Å². The van der Waals surface area contributed by atoms with Crippen LogP contribution in [0.25, 0.3) is 0 Å². The van der Waals surface area contributed by atoms with Crippen molar-refractivity contribution in [3.63, 3.8) is 0 Å². The average Bonchev–Trinajstić information content (AvgIpc) is 2.94. The molecule has 8 nitrogen and oxygen atoms in total. The fourth-order valence-electron chi connectivity index (χ4n) is 1.65. The summed E-state index contributed by atoms with van der Waals surface area (Å²) in [7, 11) is 3.03. The standard InChI is InChI=1S/C13H16N4O4/c1-4-21-13-15-12(16-17-13)14-11(18)8-5-6-9(19-2)10(7-8)20-3/h5-7H,4H2,1-3H3,(H2,14,15,16,17,18). The molecule has 8 heteroatoms. The predicted molar refractivity (Wildman–Crippen MR) is 75.1 cm³/mol. The number of rotatable bonds is 6. The molecule has 0 aliphatic heterocycles. The van der Waals surface area contributed by atoms with E-state index in [0.29, 0.717) is 23.7 Å². The van der Waals surface area contributed by atoms with Crippen LogP contribution >= 0.6 is 0 Å². The number of anilines is 1. The van der Waals surface area contributed by atoms with Crippen LogP contribution in [0.15, 0.2) is 18.2 Å². The van der Waals surface area contributed by atoms with Crippen molar-refractivity contribution in [3.05, 3.63) is 23.8 Å². The number of hydrogen-bond acceptors (Lipinski definition) is 6. The van der Waals surface area contributed by atoms with Gasteiger partial charge in [-0.3, -0.25) is 10.1 Å². The SMILES string of the molecule is CCOc1n[nH]c(NC(=O)c2ccc(OC)c(OC)c2)n1. The van der Waals surface area contributed by atoms with Gasteiger partial charge in [-0.1, -0.05) is 0 Å². The number of methoxy groups -OCH3 is 2. The van der Waals surface area contributed by atoms with Gasteiger partial charge in [0.15, 0.2) is 11.5 Å². The lowest BCUT2D eigenvalue weighted by Crippen LogP contribution is -2.13. The van der Waals surface area contributed by atoms with Gasteiger partial charge in [0.25, 0.3) is 5.91 Å². The zero-order valence-electron chi connectivity index (χ0n) is 12.0. The minimum atomic E-state index is -0.352. The zero-order valence-corrected chi connectivity index (χ0v) is 12.0. The summed E-state index contributed by atoms with van der Waals surface area (Å²) in [6, 6.07) is 5.03. The number of nitrogens with one attached hydrogen (secondary N) is 2. The molecule has 1 amide bonds. The third kappa shape index (κ3) is 3.41. The van der Waals surface area contributed by atoms with Crippen molar-refractivity contribution < 1.29 is 19.0 Å². The highest BCUT2D eigenvalue weighted by Gasteiger charge is 2.13. The molecule has 2 rings (SSSR count). The first-order valence-corrected chi connectivity index (χ1v) is 6.26. The summed E-state index contributed by atoms with van der Waals surface area (Å²) < 4.78 is 15.4. The Hall–Kier alpha value is -2.77. The molecular formula is C13H16N4O4. The molecule has 2 aromatic rings. The van der Waals surface area contributed by atoms with Gasteiger partial charge in [0.2, 0.25) is 5.95 Å². The number of amides is 1. The quantitative estimate of drug-likeness (QED) is 0.836. The Kier molecular flexibility index (Phi) is 4.60. The number of aromatic amines is 1. The molecule has 0 aliphatic carbocycles. The van der Waals surface area contributed by atoms with Crippen molar-refractivity contribution in [2.75, 3.05) is 26.1 Å². The van der Waals surface area contributed by atoms with Crippen LogP contribution in [0, 0.1) is 0 Å². The molecule has 21 heavy (non-hydrogen) atoms. The van der Waals surface area contributed by atoms with E-state index in [9.17, 15) is 4.79 Å². The van der Waals surface area contributed by atoms with Gasteiger partial charge in [-0.15, -0.1) is 5.10 Å². The summed E-state index contributed by atoms with van der Waals surface area (Å²) in [5.74, 6) is 0.874. The third-order valence-corrected chi connectivity index (χ3v) is 2.62. The van der Waals surface area contributed by atoms with E-state index >= 15 is 0 Å². The predicted octanol–water partition coefficient (Wildman–Crippen LogP) is 1.47. The molecule has 0 unspecified atom stereocenters. The van der Waals surface area contributed by atoms with Gasteiger partial charge in [-0.2, -0.15) is 4.98 Å². The highest BCUT2D eigenvalue weighted by atomic mass is 16.5. The molecule has 0 spiro atoms. The lowest BCUT2D eigenvalue weighted by molar-refractivity contribution is 0.102. The second kappa shape index (κ2) is 6.60. The Morgan fingerprint density at radius 3 is 2.71 bits per heavy atom. The van der Waals surface area contributed by atoms with Gasteiger partial charge in [0, 0.05) is 5.56 Å². The number of benzene rings is 1. The first kappa shape index (κ1) is 14.6. The highest BCUT2D eigenvalue weighted by Crippen LogP contribution is 2.27. The summed E-state index contributed by atoms with van der Waals surface area (Å²) >= 11 is 0. The molecule has 0 atom stereocenters. The Labute approximate surface area is 121 Å². The first-order chi connectivity index (χ1) is 10.2. The van der Waals surface area contributed by atoms with Gasteiger partial charge in [0.1, 0.15) is 0 Å². The minimum absolute atomic E-state index is 0.181. The van der Waals surface area contributed by atoms with E-state index in [4.69, 9.17) is 14.2 Å². The van der Waals surface area contributed by atoms with Crippen LogP contribution in [0.2, 0.25) is 0 Å². The number of aromatic nitrogens is 3. The van der Waals surface area contributed by atoms with Crippen molar-refractivity contribution >= 4 is 11.9 Å². The summed E-state index contributed by atoms with van der Waals surface area (Å²) in [4.78, 5) is 16.1. The van der Waals surface area contributed by atoms with Gasteiger partial charge in [-0.25, -0.2) is 5.10 Å². The normalized spacial score (nSPS) is 10.0. The van der Waals surface area contributed by atoms with Crippen LogP contribution in [0.4, 0.5) is 5.95 Å². The average molecular weight is 292 g/mol. The zero-order chi connectivity index (χ0) is 15.2. The Bertz CT molecular complexity index is 626. The highest BCUT2D eigenvalue weighted by molar-refractivity contribution is 6.03. The van der Waals surface area contributed by atoms with Gasteiger partial charge in [0.05, 0.1) is 20.8 Å². The van der Waals surface area contributed by atoms with Crippen LogP contribution in [0.5, 0.6) is 17.5 Å². The smallest absolute Gasteiger partial charge is 0.337 e. The number of ether oxygens (including phenoxy) is 3. The molecule has 0 saturated heterocycles. The second-order valence-electron chi connectivity index (χ2n) is 3.92. The molecule has 1 aromatic carbocycles. The molecule has 2 N–H and O–H groups in total. The molecule has 0 aliphatic rings. The van der Waals surface area contributed by atoms with E-state index in [1.807, 2.05) is 6.92 Å². The number of nitrogens with zero attached hydrogens (tertiary/aromatic N) is 2. The number of H-pyrrole nitrogens is 1. The summed E-state index contributed by atoms with van der Waals surface area (Å²) in [6.07, 6.45) is 0. The van der Waals surface area contributed by atoms with Crippen molar-refractivity contribution in [2.45, 2.75) is 6.92 Å². The minimum Gasteiger partial charge on any atom is -0.493 e. The molecule has 0 radical (unpaired) electrons. The molecule has 0 fully saturated rings. The Balaban J connectivity index is 2.12. The van der Waals surface area contributed by atoms with Crippen LogP contribution in [-0.4, -0.2) is 41.9 Å². The maximum atomic E-state index is 12.1. The maximum absolute atomic E-state index is 12.1. The molecular weight excluding hydrogens is 276 g/mol. The number of carbonyl (C=O) groups is 1. The summed E-state index contributed by atoms with van der Waals surface area (Å²) in [6.45, 7) is 2.26. The fourth-order valence-corrected chi connectivity index (χ4v) is 1.65. The number of carbonyl (C=O) groups excluding carboxylic acids is 1. The van der Waals surface area contributed by atoms with Crippen LogP contribution in [0.3, 0.4) is 0 Å². The van der Waals surface area contributed by atoms with Crippen molar-refractivity contribution in [2.24, 2.45) is 0 Å². The van der Waals surface area contributed by atoms with Crippen molar-refractivity contribution in [3.8, 4) is 17.5 Å². The summed E-state index contributed by atoms with van der Waals surface area (Å²) in [5.41, 5.74) is 0.405. The monoisotopic (exact) mass is 292 g/mol. The molecule has 0 saturated carbocycles. The second-order valence-corrected chi connectivity index (χ2v) is 3.92. The lowest BCUT2D eigenvalue weighted by atomic mass is 10.2. The molecule has 112 valence electrons.